The average molecular weight is 309 g/mol. The van der Waals surface area contributed by atoms with Crippen LogP contribution in [0.15, 0.2) is 0 Å². The van der Waals surface area contributed by atoms with E-state index < -0.39 is 0 Å². The standard InChI is InChI=1S/C18H32N2S/c1-7-18(10-8-9-11-18)12-19-13(2)15-14(3)20-16(21-15)17(4,5)6/h13,19H,7-12H2,1-6H3. The lowest BCUT2D eigenvalue weighted by Crippen LogP contribution is -2.33. The number of rotatable bonds is 5. The molecule has 120 valence electrons. The van der Waals surface area contributed by atoms with Gasteiger partial charge in [0.25, 0.3) is 0 Å². The third-order valence-electron chi connectivity index (χ3n) is 5.06. The van der Waals surface area contributed by atoms with Gasteiger partial charge in [-0.2, -0.15) is 0 Å². The molecule has 1 heterocycles. The van der Waals surface area contributed by atoms with Crippen LogP contribution >= 0.6 is 11.3 Å². The number of hydrogen-bond acceptors (Lipinski definition) is 3. The molecule has 1 aromatic heterocycles. The number of nitrogens with zero attached hydrogens (tertiary/aromatic N) is 1. The highest BCUT2D eigenvalue weighted by molar-refractivity contribution is 7.12. The molecule has 0 radical (unpaired) electrons. The van der Waals surface area contributed by atoms with Gasteiger partial charge in [0.1, 0.15) is 0 Å². The summed E-state index contributed by atoms with van der Waals surface area (Å²) in [5.74, 6) is 0. The summed E-state index contributed by atoms with van der Waals surface area (Å²) in [6.45, 7) is 14.7. The first-order valence-corrected chi connectivity index (χ1v) is 9.30. The molecular weight excluding hydrogens is 276 g/mol. The fourth-order valence-corrected chi connectivity index (χ4v) is 4.52. The first-order chi connectivity index (χ1) is 9.77. The van der Waals surface area contributed by atoms with Crippen molar-refractivity contribution >= 4 is 11.3 Å². The molecule has 1 aliphatic rings. The van der Waals surface area contributed by atoms with E-state index in [0.717, 1.165) is 6.54 Å². The number of nitrogens with one attached hydrogen (secondary N) is 1. The fourth-order valence-electron chi connectivity index (χ4n) is 3.37. The Bertz CT molecular complexity index is 464. The summed E-state index contributed by atoms with van der Waals surface area (Å²) in [6.07, 6.45) is 6.94. The minimum Gasteiger partial charge on any atom is -0.309 e. The van der Waals surface area contributed by atoms with E-state index in [2.05, 4.69) is 46.9 Å². The summed E-state index contributed by atoms with van der Waals surface area (Å²) >= 11 is 1.89. The summed E-state index contributed by atoms with van der Waals surface area (Å²) in [5.41, 5.74) is 1.92. The van der Waals surface area contributed by atoms with Crippen molar-refractivity contribution < 1.29 is 0 Å². The van der Waals surface area contributed by atoms with Crippen LogP contribution in [0.5, 0.6) is 0 Å². The van der Waals surface area contributed by atoms with Gasteiger partial charge in [-0.3, -0.25) is 0 Å². The average Bonchev–Trinajstić information content (AvgIpc) is 3.02. The summed E-state index contributed by atoms with van der Waals surface area (Å²) < 4.78 is 0. The van der Waals surface area contributed by atoms with Gasteiger partial charge >= 0.3 is 0 Å². The minimum absolute atomic E-state index is 0.156. The zero-order chi connectivity index (χ0) is 15.7. The largest absolute Gasteiger partial charge is 0.309 e. The van der Waals surface area contributed by atoms with Crippen LogP contribution in [-0.4, -0.2) is 11.5 Å². The predicted molar refractivity (Wildman–Crippen MR) is 93.2 cm³/mol. The molecule has 1 atom stereocenters. The lowest BCUT2D eigenvalue weighted by atomic mass is 9.83. The Morgan fingerprint density at radius 2 is 1.90 bits per heavy atom. The molecule has 1 saturated carbocycles. The molecule has 1 aromatic rings. The molecular formula is C18H32N2S. The first-order valence-electron chi connectivity index (χ1n) is 8.49. The van der Waals surface area contributed by atoms with E-state index in [1.165, 1.54) is 47.7 Å². The second-order valence-corrected chi connectivity index (χ2v) is 8.91. The summed E-state index contributed by atoms with van der Waals surface area (Å²) in [5, 5.41) is 5.07. The van der Waals surface area contributed by atoms with Gasteiger partial charge in [0.2, 0.25) is 0 Å². The maximum atomic E-state index is 4.80. The second-order valence-electron chi connectivity index (χ2n) is 7.88. The fraction of sp³-hybridized carbons (Fsp3) is 0.833. The normalized spacial score (nSPS) is 19.9. The van der Waals surface area contributed by atoms with Gasteiger partial charge in [0.05, 0.1) is 10.7 Å². The van der Waals surface area contributed by atoms with E-state index >= 15 is 0 Å². The minimum atomic E-state index is 0.156. The van der Waals surface area contributed by atoms with Gasteiger partial charge < -0.3 is 5.32 Å². The molecule has 21 heavy (non-hydrogen) atoms. The molecule has 0 aliphatic heterocycles. The lowest BCUT2D eigenvalue weighted by molar-refractivity contribution is 0.259. The number of aryl methyl sites for hydroxylation is 1. The first kappa shape index (κ1) is 17.0. The summed E-state index contributed by atoms with van der Waals surface area (Å²) in [4.78, 5) is 6.22. The van der Waals surface area contributed by atoms with Crippen molar-refractivity contribution in [3.63, 3.8) is 0 Å². The highest BCUT2D eigenvalue weighted by Gasteiger charge is 2.32. The zero-order valence-corrected chi connectivity index (χ0v) is 15.5. The molecule has 1 fully saturated rings. The molecule has 1 N–H and O–H groups in total. The smallest absolute Gasteiger partial charge is 0.0985 e. The Labute approximate surface area is 134 Å². The van der Waals surface area contributed by atoms with Gasteiger partial charge in [0, 0.05) is 22.9 Å². The van der Waals surface area contributed by atoms with Crippen molar-refractivity contribution in [1.82, 2.24) is 10.3 Å². The Kier molecular flexibility index (Phi) is 5.15. The maximum absolute atomic E-state index is 4.80. The van der Waals surface area contributed by atoms with Crippen LogP contribution in [0.25, 0.3) is 0 Å². The topological polar surface area (TPSA) is 24.9 Å². The van der Waals surface area contributed by atoms with Gasteiger partial charge in [-0.25, -0.2) is 4.98 Å². The van der Waals surface area contributed by atoms with Crippen LogP contribution in [-0.2, 0) is 5.41 Å². The quantitative estimate of drug-likeness (QED) is 0.791. The Balaban J connectivity index is 2.03. The van der Waals surface area contributed by atoms with E-state index in [9.17, 15) is 0 Å². The van der Waals surface area contributed by atoms with Crippen LogP contribution in [0.2, 0.25) is 0 Å². The molecule has 0 spiro atoms. The van der Waals surface area contributed by atoms with Crippen LogP contribution in [0.1, 0.15) is 88.3 Å². The number of aromatic nitrogens is 1. The van der Waals surface area contributed by atoms with Gasteiger partial charge in [0.15, 0.2) is 0 Å². The van der Waals surface area contributed by atoms with E-state index in [4.69, 9.17) is 4.98 Å². The van der Waals surface area contributed by atoms with Crippen LogP contribution in [0, 0.1) is 12.3 Å². The highest BCUT2D eigenvalue weighted by Crippen LogP contribution is 2.41. The van der Waals surface area contributed by atoms with E-state index in [1.54, 1.807) is 0 Å². The number of hydrogen-bond donors (Lipinski definition) is 1. The molecule has 0 aromatic carbocycles. The third kappa shape index (κ3) is 3.87. The van der Waals surface area contributed by atoms with Crippen molar-refractivity contribution in [2.45, 2.75) is 85.1 Å². The van der Waals surface area contributed by atoms with Crippen LogP contribution < -0.4 is 5.32 Å². The van der Waals surface area contributed by atoms with Gasteiger partial charge in [-0.1, -0.05) is 40.5 Å². The molecule has 2 rings (SSSR count). The van der Waals surface area contributed by atoms with Crippen LogP contribution in [0.4, 0.5) is 0 Å². The van der Waals surface area contributed by atoms with Crippen LogP contribution in [0.3, 0.4) is 0 Å². The lowest BCUT2D eigenvalue weighted by Gasteiger charge is -2.29. The Morgan fingerprint density at radius 1 is 1.29 bits per heavy atom. The van der Waals surface area contributed by atoms with Crippen molar-refractivity contribution in [3.8, 4) is 0 Å². The van der Waals surface area contributed by atoms with Gasteiger partial charge in [-0.15, -0.1) is 11.3 Å². The maximum Gasteiger partial charge on any atom is 0.0985 e. The van der Waals surface area contributed by atoms with E-state index in [0.29, 0.717) is 11.5 Å². The molecule has 1 unspecified atom stereocenters. The second kappa shape index (κ2) is 6.37. The SMILES string of the molecule is CCC1(CNC(C)c2sc(C(C)(C)C)nc2C)CCCC1. The third-order valence-corrected chi connectivity index (χ3v) is 6.83. The Hall–Kier alpha value is -0.410. The van der Waals surface area contributed by atoms with E-state index in [1.807, 2.05) is 11.3 Å². The van der Waals surface area contributed by atoms with Crippen molar-refractivity contribution in [2.24, 2.45) is 5.41 Å². The van der Waals surface area contributed by atoms with Crippen molar-refractivity contribution in [1.29, 1.82) is 0 Å². The summed E-state index contributed by atoms with van der Waals surface area (Å²) in [7, 11) is 0. The molecule has 1 aliphatic carbocycles. The molecule has 0 saturated heterocycles. The van der Waals surface area contributed by atoms with Crippen molar-refractivity contribution in [2.75, 3.05) is 6.54 Å². The molecule has 0 amide bonds. The van der Waals surface area contributed by atoms with Crippen molar-refractivity contribution in [3.05, 3.63) is 15.6 Å². The molecule has 3 heteroatoms. The predicted octanol–water partition coefficient (Wildman–Crippen LogP) is 5.37. The van der Waals surface area contributed by atoms with Gasteiger partial charge in [-0.05, 0) is 38.5 Å². The van der Waals surface area contributed by atoms with E-state index in [-0.39, 0.29) is 5.41 Å². The summed E-state index contributed by atoms with van der Waals surface area (Å²) in [6, 6.07) is 0.419. The highest BCUT2D eigenvalue weighted by atomic mass is 32.1. The molecule has 0 bridgehead atoms. The number of thiazole rings is 1. The Morgan fingerprint density at radius 3 is 2.38 bits per heavy atom. The zero-order valence-electron chi connectivity index (χ0n) is 14.7. The monoisotopic (exact) mass is 308 g/mol. The molecule has 2 nitrogen and oxygen atoms in total.